The van der Waals surface area contributed by atoms with Crippen molar-refractivity contribution in [2.24, 2.45) is 4.99 Å². The van der Waals surface area contributed by atoms with Crippen LogP contribution >= 0.6 is 11.3 Å². The SMILES string of the molecule is C=CCOC(=O)C1=C(C)N=c2sc(=Cc3ccccc3)c(=O)n2C1c1ccccc1. The quantitative estimate of drug-likeness (QED) is 0.475. The van der Waals surface area contributed by atoms with Crippen LogP contribution in [0.25, 0.3) is 6.08 Å². The minimum atomic E-state index is -0.599. The van der Waals surface area contributed by atoms with Gasteiger partial charge in [0, 0.05) is 0 Å². The molecule has 1 aliphatic rings. The normalized spacial score (nSPS) is 16.0. The number of ether oxygens (including phenoxy) is 1. The molecule has 0 amide bonds. The maximum atomic E-state index is 13.4. The van der Waals surface area contributed by atoms with Gasteiger partial charge in [0.05, 0.1) is 21.8 Å². The van der Waals surface area contributed by atoms with Crippen LogP contribution in [-0.2, 0) is 9.53 Å². The minimum Gasteiger partial charge on any atom is -0.458 e. The summed E-state index contributed by atoms with van der Waals surface area (Å²) in [5.41, 5.74) is 2.48. The summed E-state index contributed by atoms with van der Waals surface area (Å²) in [6.45, 7) is 5.46. The molecule has 0 spiro atoms. The van der Waals surface area contributed by atoms with Gasteiger partial charge in [0.25, 0.3) is 5.56 Å². The number of nitrogens with zero attached hydrogens (tertiary/aromatic N) is 2. The topological polar surface area (TPSA) is 60.7 Å². The Kier molecular flexibility index (Phi) is 5.59. The average molecular weight is 417 g/mol. The van der Waals surface area contributed by atoms with Gasteiger partial charge in [-0.05, 0) is 24.1 Å². The third kappa shape index (κ3) is 3.69. The van der Waals surface area contributed by atoms with E-state index in [2.05, 4.69) is 11.6 Å². The first-order valence-electron chi connectivity index (χ1n) is 9.50. The molecular formula is C24H20N2O3S. The second kappa shape index (κ2) is 8.47. The van der Waals surface area contributed by atoms with Crippen LogP contribution in [0, 0.1) is 0 Å². The van der Waals surface area contributed by atoms with Crippen molar-refractivity contribution in [2.75, 3.05) is 6.61 Å². The molecule has 1 aromatic heterocycles. The Balaban J connectivity index is 1.93. The first-order chi connectivity index (χ1) is 14.6. The van der Waals surface area contributed by atoms with Gasteiger partial charge in [0.1, 0.15) is 6.61 Å². The number of carbonyl (C=O) groups is 1. The monoisotopic (exact) mass is 416 g/mol. The molecule has 3 aromatic rings. The fourth-order valence-corrected chi connectivity index (χ4v) is 4.49. The van der Waals surface area contributed by atoms with Crippen LogP contribution in [0.5, 0.6) is 0 Å². The van der Waals surface area contributed by atoms with Gasteiger partial charge < -0.3 is 4.74 Å². The molecule has 6 heteroatoms. The largest absolute Gasteiger partial charge is 0.458 e. The first-order valence-corrected chi connectivity index (χ1v) is 10.3. The number of fused-ring (bicyclic) bond motifs is 1. The van der Waals surface area contributed by atoms with Gasteiger partial charge in [-0.25, -0.2) is 9.79 Å². The smallest absolute Gasteiger partial charge is 0.338 e. The number of rotatable bonds is 5. The molecular weight excluding hydrogens is 396 g/mol. The zero-order chi connectivity index (χ0) is 21.1. The van der Waals surface area contributed by atoms with Crippen molar-refractivity contribution in [3.63, 3.8) is 0 Å². The van der Waals surface area contributed by atoms with Gasteiger partial charge in [-0.1, -0.05) is 84.7 Å². The summed E-state index contributed by atoms with van der Waals surface area (Å²) in [6, 6.07) is 18.5. The van der Waals surface area contributed by atoms with Gasteiger partial charge in [0.2, 0.25) is 0 Å². The highest BCUT2D eigenvalue weighted by molar-refractivity contribution is 7.07. The fraction of sp³-hybridized carbons (Fsp3) is 0.125. The average Bonchev–Trinajstić information content (AvgIpc) is 3.07. The van der Waals surface area contributed by atoms with Crippen LogP contribution in [0.15, 0.2) is 94.4 Å². The molecule has 1 atom stereocenters. The van der Waals surface area contributed by atoms with E-state index < -0.39 is 12.0 Å². The summed E-state index contributed by atoms with van der Waals surface area (Å²) in [5.74, 6) is -0.498. The van der Waals surface area contributed by atoms with Crippen molar-refractivity contribution >= 4 is 23.4 Å². The van der Waals surface area contributed by atoms with E-state index in [1.807, 2.05) is 66.7 Å². The van der Waals surface area contributed by atoms with E-state index in [9.17, 15) is 9.59 Å². The lowest BCUT2D eigenvalue weighted by atomic mass is 9.96. The number of carbonyl (C=O) groups excluding carboxylic acids is 1. The van der Waals surface area contributed by atoms with Crippen LogP contribution in [0.2, 0.25) is 0 Å². The predicted octanol–water partition coefficient (Wildman–Crippen LogP) is 2.96. The molecule has 4 rings (SSSR count). The molecule has 0 aliphatic carbocycles. The zero-order valence-electron chi connectivity index (χ0n) is 16.4. The number of hydrogen-bond acceptors (Lipinski definition) is 5. The molecule has 0 radical (unpaired) electrons. The van der Waals surface area contributed by atoms with Crippen LogP contribution in [0.4, 0.5) is 0 Å². The van der Waals surface area contributed by atoms with E-state index in [-0.39, 0.29) is 12.2 Å². The summed E-state index contributed by atoms with van der Waals surface area (Å²) < 4.78 is 7.47. The highest BCUT2D eigenvalue weighted by atomic mass is 32.1. The number of allylic oxidation sites excluding steroid dienone is 1. The Morgan fingerprint density at radius 3 is 2.50 bits per heavy atom. The van der Waals surface area contributed by atoms with E-state index >= 15 is 0 Å². The van der Waals surface area contributed by atoms with E-state index in [1.165, 1.54) is 17.4 Å². The molecule has 0 bridgehead atoms. The van der Waals surface area contributed by atoms with Gasteiger partial charge in [-0.3, -0.25) is 9.36 Å². The van der Waals surface area contributed by atoms with E-state index in [0.717, 1.165) is 11.1 Å². The molecule has 5 nitrogen and oxygen atoms in total. The second-order valence-electron chi connectivity index (χ2n) is 6.79. The van der Waals surface area contributed by atoms with Crippen molar-refractivity contribution < 1.29 is 9.53 Å². The van der Waals surface area contributed by atoms with Gasteiger partial charge >= 0.3 is 5.97 Å². The van der Waals surface area contributed by atoms with Crippen molar-refractivity contribution in [3.05, 3.63) is 115 Å². The summed E-state index contributed by atoms with van der Waals surface area (Å²) in [6.07, 6.45) is 3.36. The molecule has 0 saturated carbocycles. The number of hydrogen-bond donors (Lipinski definition) is 0. The second-order valence-corrected chi connectivity index (χ2v) is 7.80. The summed E-state index contributed by atoms with van der Waals surface area (Å²) in [4.78, 5) is 31.4. The van der Waals surface area contributed by atoms with E-state index in [0.29, 0.717) is 20.6 Å². The Labute approximate surface area is 177 Å². The maximum absolute atomic E-state index is 13.4. The highest BCUT2D eigenvalue weighted by Gasteiger charge is 2.33. The van der Waals surface area contributed by atoms with Crippen molar-refractivity contribution in [1.29, 1.82) is 0 Å². The molecule has 1 unspecified atom stereocenters. The molecule has 150 valence electrons. The molecule has 0 saturated heterocycles. The molecule has 1 aliphatic heterocycles. The molecule has 2 aromatic carbocycles. The molecule has 0 fully saturated rings. The number of aromatic nitrogens is 1. The molecule has 30 heavy (non-hydrogen) atoms. The number of thiazole rings is 1. The first kappa shape index (κ1) is 19.8. The van der Waals surface area contributed by atoms with Crippen LogP contribution in [0.3, 0.4) is 0 Å². The van der Waals surface area contributed by atoms with E-state index in [4.69, 9.17) is 4.74 Å². The Morgan fingerprint density at radius 1 is 1.17 bits per heavy atom. The Bertz CT molecular complexity index is 1300. The minimum absolute atomic E-state index is 0.0928. The Morgan fingerprint density at radius 2 is 1.83 bits per heavy atom. The fourth-order valence-electron chi connectivity index (χ4n) is 3.45. The summed E-state index contributed by atoms with van der Waals surface area (Å²) >= 11 is 1.32. The third-order valence-electron chi connectivity index (χ3n) is 4.79. The van der Waals surface area contributed by atoms with Crippen LogP contribution in [-0.4, -0.2) is 17.1 Å². The number of benzene rings is 2. The summed E-state index contributed by atoms with van der Waals surface area (Å²) in [5, 5.41) is 0. The Hall–Kier alpha value is -3.51. The lowest BCUT2D eigenvalue weighted by molar-refractivity contribution is -0.138. The van der Waals surface area contributed by atoms with Gasteiger partial charge in [0.15, 0.2) is 4.80 Å². The lowest BCUT2D eigenvalue weighted by Gasteiger charge is -2.24. The standard InChI is InChI=1S/C24H20N2O3S/c1-3-14-29-23(28)20-16(2)25-24-26(21(20)18-12-8-5-9-13-18)22(27)19(30-24)15-17-10-6-4-7-11-17/h3-13,15,21H,1,14H2,2H3. The summed E-state index contributed by atoms with van der Waals surface area (Å²) in [7, 11) is 0. The maximum Gasteiger partial charge on any atom is 0.338 e. The third-order valence-corrected chi connectivity index (χ3v) is 5.77. The van der Waals surface area contributed by atoms with Crippen molar-refractivity contribution in [1.82, 2.24) is 4.57 Å². The molecule has 0 N–H and O–H groups in total. The van der Waals surface area contributed by atoms with E-state index in [1.54, 1.807) is 11.5 Å². The van der Waals surface area contributed by atoms with Crippen molar-refractivity contribution in [3.8, 4) is 0 Å². The zero-order valence-corrected chi connectivity index (χ0v) is 17.3. The van der Waals surface area contributed by atoms with Crippen molar-refractivity contribution in [2.45, 2.75) is 13.0 Å². The van der Waals surface area contributed by atoms with Crippen LogP contribution < -0.4 is 14.9 Å². The van der Waals surface area contributed by atoms with Gasteiger partial charge in [-0.2, -0.15) is 0 Å². The highest BCUT2D eigenvalue weighted by Crippen LogP contribution is 2.30. The van der Waals surface area contributed by atoms with Crippen LogP contribution in [0.1, 0.15) is 24.1 Å². The molecule has 2 heterocycles. The lowest BCUT2D eigenvalue weighted by Crippen LogP contribution is -2.39. The predicted molar refractivity (Wildman–Crippen MR) is 118 cm³/mol. The van der Waals surface area contributed by atoms with Gasteiger partial charge in [-0.15, -0.1) is 0 Å². The number of esters is 1.